The average Bonchev–Trinajstić information content (AvgIpc) is 2.33. The number of rotatable bonds is 4. The van der Waals surface area contributed by atoms with Gasteiger partial charge in [-0.3, -0.25) is 4.79 Å². The molecule has 0 aliphatic rings. The van der Waals surface area contributed by atoms with Gasteiger partial charge in [0.05, 0.1) is 11.6 Å². The van der Waals surface area contributed by atoms with Crippen molar-refractivity contribution in [2.24, 2.45) is 0 Å². The second kappa shape index (κ2) is 4.97. The van der Waals surface area contributed by atoms with Gasteiger partial charge in [-0.15, -0.1) is 0 Å². The van der Waals surface area contributed by atoms with Crippen LogP contribution in [0.5, 0.6) is 0 Å². The quantitative estimate of drug-likeness (QED) is 0.732. The molecule has 0 unspecified atom stereocenters. The van der Waals surface area contributed by atoms with Gasteiger partial charge in [-0.2, -0.15) is 0 Å². The van der Waals surface area contributed by atoms with Crippen LogP contribution in [-0.4, -0.2) is 0 Å². The van der Waals surface area contributed by atoms with Gasteiger partial charge in [-0.1, -0.05) is 31.9 Å². The summed E-state index contributed by atoms with van der Waals surface area (Å²) < 4.78 is 5.44. The molecule has 1 aromatic carbocycles. The fourth-order valence-corrected chi connectivity index (χ4v) is 1.78. The van der Waals surface area contributed by atoms with E-state index in [1.54, 1.807) is 6.26 Å². The van der Waals surface area contributed by atoms with Gasteiger partial charge in [0.2, 0.25) is 0 Å². The van der Waals surface area contributed by atoms with Crippen LogP contribution in [0.2, 0.25) is 0 Å². The fraction of sp³-hybridized carbons (Fsp3) is 0.286. The fourth-order valence-electron chi connectivity index (χ4n) is 1.78. The molecule has 2 rings (SSSR count). The first-order valence-corrected chi connectivity index (χ1v) is 5.61. The minimum atomic E-state index is 0.103. The van der Waals surface area contributed by atoms with Gasteiger partial charge in [-0.05, 0) is 25.0 Å². The lowest BCUT2D eigenvalue weighted by molar-refractivity contribution is 0.587. The van der Waals surface area contributed by atoms with Crippen molar-refractivity contribution in [3.05, 3.63) is 53.2 Å². The van der Waals surface area contributed by atoms with E-state index >= 15 is 0 Å². The zero-order valence-corrected chi connectivity index (χ0v) is 9.24. The van der Waals surface area contributed by atoms with Crippen LogP contribution in [-0.2, 0) is 6.42 Å². The number of unbranched alkanes of at least 4 members (excludes halogenated alkanes) is 2. The molecular weight excluding hydrogens is 200 g/mol. The maximum atomic E-state index is 12.0. The highest BCUT2D eigenvalue weighted by Crippen LogP contribution is 2.11. The maximum absolute atomic E-state index is 12.0. The highest BCUT2D eigenvalue weighted by molar-refractivity contribution is 5.76. The Hall–Kier alpha value is -1.57. The van der Waals surface area contributed by atoms with Crippen molar-refractivity contribution in [2.45, 2.75) is 25.7 Å². The third-order valence-electron chi connectivity index (χ3n) is 2.70. The summed E-state index contributed by atoms with van der Waals surface area (Å²) in [7, 11) is 0. The van der Waals surface area contributed by atoms with Gasteiger partial charge in [0.1, 0.15) is 5.58 Å². The standard InChI is InChI=1S/C14H15O2/c1-2-3-4-7-11-10-16-13-9-6-5-8-12(13)14(11)15/h5-6,8-10H,1-4,7H2. The maximum Gasteiger partial charge on any atom is 0.195 e. The zero-order valence-electron chi connectivity index (χ0n) is 9.24. The van der Waals surface area contributed by atoms with Crippen LogP contribution in [0.15, 0.2) is 39.7 Å². The molecule has 0 aliphatic carbocycles. The van der Waals surface area contributed by atoms with E-state index in [0.717, 1.165) is 31.2 Å². The minimum absolute atomic E-state index is 0.103. The van der Waals surface area contributed by atoms with Crippen molar-refractivity contribution >= 4 is 11.0 Å². The lowest BCUT2D eigenvalue weighted by atomic mass is 10.1. The lowest BCUT2D eigenvalue weighted by Crippen LogP contribution is -2.08. The third-order valence-corrected chi connectivity index (χ3v) is 2.70. The van der Waals surface area contributed by atoms with Crippen molar-refractivity contribution in [1.82, 2.24) is 0 Å². The molecule has 0 N–H and O–H groups in total. The van der Waals surface area contributed by atoms with E-state index in [1.165, 1.54) is 0 Å². The summed E-state index contributed by atoms with van der Waals surface area (Å²) in [6.07, 6.45) is 5.33. The summed E-state index contributed by atoms with van der Waals surface area (Å²) in [5.41, 5.74) is 1.53. The van der Waals surface area contributed by atoms with Gasteiger partial charge >= 0.3 is 0 Å². The molecular formula is C14H15O2. The Bertz CT molecular complexity index is 525. The second-order valence-electron chi connectivity index (χ2n) is 3.90. The van der Waals surface area contributed by atoms with Crippen LogP contribution in [0.3, 0.4) is 0 Å². The smallest absolute Gasteiger partial charge is 0.195 e. The molecule has 0 bridgehead atoms. The third kappa shape index (κ3) is 2.16. The normalized spacial score (nSPS) is 10.8. The van der Waals surface area contributed by atoms with Gasteiger partial charge < -0.3 is 4.42 Å². The summed E-state index contributed by atoms with van der Waals surface area (Å²) >= 11 is 0. The van der Waals surface area contributed by atoms with Crippen molar-refractivity contribution in [3.63, 3.8) is 0 Å². The zero-order chi connectivity index (χ0) is 11.4. The molecule has 1 aromatic heterocycles. The average molecular weight is 215 g/mol. The van der Waals surface area contributed by atoms with Crippen molar-refractivity contribution < 1.29 is 4.42 Å². The highest BCUT2D eigenvalue weighted by Gasteiger charge is 2.05. The summed E-state index contributed by atoms with van der Waals surface area (Å²) in [5.74, 6) is 0. The minimum Gasteiger partial charge on any atom is -0.464 e. The first kappa shape index (κ1) is 10.9. The van der Waals surface area contributed by atoms with E-state index in [0.29, 0.717) is 11.0 Å². The topological polar surface area (TPSA) is 30.2 Å². The molecule has 0 fully saturated rings. The van der Waals surface area contributed by atoms with E-state index in [2.05, 4.69) is 6.92 Å². The van der Waals surface area contributed by atoms with Gasteiger partial charge in [0.25, 0.3) is 0 Å². The Balaban J connectivity index is 2.33. The van der Waals surface area contributed by atoms with Gasteiger partial charge in [0, 0.05) is 5.56 Å². The van der Waals surface area contributed by atoms with Crippen molar-refractivity contribution in [1.29, 1.82) is 0 Å². The highest BCUT2D eigenvalue weighted by atomic mass is 16.3. The summed E-state index contributed by atoms with van der Waals surface area (Å²) in [6, 6.07) is 7.36. The van der Waals surface area contributed by atoms with Crippen LogP contribution < -0.4 is 5.43 Å². The molecule has 0 spiro atoms. The van der Waals surface area contributed by atoms with Crippen LogP contribution in [0.1, 0.15) is 24.8 Å². The Labute approximate surface area is 94.9 Å². The Morgan fingerprint density at radius 3 is 2.81 bits per heavy atom. The van der Waals surface area contributed by atoms with Gasteiger partial charge in [0.15, 0.2) is 5.43 Å². The largest absolute Gasteiger partial charge is 0.464 e. The molecule has 2 heteroatoms. The monoisotopic (exact) mass is 215 g/mol. The summed E-state index contributed by atoms with van der Waals surface area (Å²) in [6.45, 7) is 3.79. The first-order chi connectivity index (χ1) is 7.83. The number of aryl methyl sites for hydroxylation is 1. The van der Waals surface area contributed by atoms with Gasteiger partial charge in [-0.25, -0.2) is 0 Å². The second-order valence-corrected chi connectivity index (χ2v) is 3.90. The number of hydrogen-bond donors (Lipinski definition) is 0. The van der Waals surface area contributed by atoms with Crippen molar-refractivity contribution in [3.8, 4) is 0 Å². The first-order valence-electron chi connectivity index (χ1n) is 5.61. The predicted molar refractivity (Wildman–Crippen MR) is 65.4 cm³/mol. The molecule has 0 saturated heterocycles. The van der Waals surface area contributed by atoms with Crippen LogP contribution in [0.25, 0.3) is 11.0 Å². The lowest BCUT2D eigenvalue weighted by Gasteiger charge is -2.01. The van der Waals surface area contributed by atoms with Crippen LogP contribution in [0.4, 0.5) is 0 Å². The molecule has 0 aliphatic heterocycles. The Morgan fingerprint density at radius 1 is 1.19 bits per heavy atom. The number of benzene rings is 1. The van der Waals surface area contributed by atoms with E-state index in [1.807, 2.05) is 24.3 Å². The SMILES string of the molecule is [CH2]CCCCc1coc2ccccc2c1=O. The molecule has 16 heavy (non-hydrogen) atoms. The molecule has 0 amide bonds. The molecule has 2 nitrogen and oxygen atoms in total. The molecule has 1 heterocycles. The molecule has 0 saturated carbocycles. The number of hydrogen-bond acceptors (Lipinski definition) is 2. The van der Waals surface area contributed by atoms with E-state index in [9.17, 15) is 4.79 Å². The Morgan fingerprint density at radius 2 is 2.00 bits per heavy atom. The molecule has 1 radical (unpaired) electrons. The summed E-state index contributed by atoms with van der Waals surface area (Å²) in [5, 5.41) is 0.676. The number of fused-ring (bicyclic) bond motifs is 1. The van der Waals surface area contributed by atoms with E-state index in [-0.39, 0.29) is 5.43 Å². The van der Waals surface area contributed by atoms with Crippen LogP contribution in [0, 0.1) is 6.92 Å². The van der Waals surface area contributed by atoms with E-state index in [4.69, 9.17) is 4.42 Å². The predicted octanol–water partition coefficient (Wildman–Crippen LogP) is 3.34. The van der Waals surface area contributed by atoms with Crippen molar-refractivity contribution in [2.75, 3.05) is 0 Å². The number of para-hydroxylation sites is 1. The summed E-state index contributed by atoms with van der Waals surface area (Å²) in [4.78, 5) is 12.0. The van der Waals surface area contributed by atoms with E-state index < -0.39 is 0 Å². The molecule has 83 valence electrons. The molecule has 2 aromatic rings. The van der Waals surface area contributed by atoms with Crippen LogP contribution >= 0.6 is 0 Å². The Kier molecular flexibility index (Phi) is 3.40. The molecule has 0 atom stereocenters.